The fourth-order valence-corrected chi connectivity index (χ4v) is 3.35. The molecule has 2 aromatic rings. The molecule has 1 N–H and O–H groups in total. The van der Waals surface area contributed by atoms with Crippen molar-refractivity contribution in [3.63, 3.8) is 0 Å². The molecule has 0 unspecified atom stereocenters. The van der Waals surface area contributed by atoms with Gasteiger partial charge in [0.05, 0.1) is 12.3 Å². The SMILES string of the molecule is CO/N=C1\C[C@@H](CCC(=O)O)N(C(=O)c2ccc(-c3ccccc3)cc2)C1. The van der Waals surface area contributed by atoms with Gasteiger partial charge in [0, 0.05) is 24.4 Å². The first-order chi connectivity index (χ1) is 13.1. The number of amides is 1. The molecular formula is C21H22N2O4. The Morgan fingerprint density at radius 1 is 1.11 bits per heavy atom. The summed E-state index contributed by atoms with van der Waals surface area (Å²) in [6.45, 7) is 0.359. The Kier molecular flexibility index (Phi) is 5.86. The number of carboxylic acid groups (broad SMARTS) is 1. The number of aliphatic carboxylic acids is 1. The van der Waals surface area contributed by atoms with Crippen LogP contribution in [0.3, 0.4) is 0 Å². The van der Waals surface area contributed by atoms with Gasteiger partial charge in [-0.05, 0) is 29.7 Å². The number of hydrogen-bond donors (Lipinski definition) is 1. The number of likely N-dealkylation sites (tertiary alicyclic amines) is 1. The maximum atomic E-state index is 13.0. The Hall–Kier alpha value is -3.15. The molecule has 27 heavy (non-hydrogen) atoms. The second kappa shape index (κ2) is 8.49. The number of oxime groups is 1. The van der Waals surface area contributed by atoms with E-state index in [-0.39, 0.29) is 18.4 Å². The summed E-state index contributed by atoms with van der Waals surface area (Å²) in [4.78, 5) is 30.4. The molecule has 1 atom stereocenters. The number of hydrogen-bond acceptors (Lipinski definition) is 4. The van der Waals surface area contributed by atoms with E-state index in [4.69, 9.17) is 9.94 Å². The van der Waals surface area contributed by atoms with Crippen molar-refractivity contribution in [2.45, 2.75) is 25.3 Å². The highest BCUT2D eigenvalue weighted by molar-refractivity contribution is 6.00. The molecule has 0 radical (unpaired) electrons. The van der Waals surface area contributed by atoms with Gasteiger partial charge in [-0.15, -0.1) is 0 Å². The highest BCUT2D eigenvalue weighted by Crippen LogP contribution is 2.24. The van der Waals surface area contributed by atoms with Crippen LogP contribution in [-0.4, -0.2) is 47.3 Å². The Labute approximate surface area is 158 Å². The summed E-state index contributed by atoms with van der Waals surface area (Å²) in [6, 6.07) is 17.2. The van der Waals surface area contributed by atoms with Crippen LogP contribution in [0.4, 0.5) is 0 Å². The maximum absolute atomic E-state index is 13.0. The topological polar surface area (TPSA) is 79.2 Å². The van der Waals surface area contributed by atoms with Crippen LogP contribution in [-0.2, 0) is 9.63 Å². The molecule has 1 heterocycles. The summed E-state index contributed by atoms with van der Waals surface area (Å²) in [7, 11) is 1.46. The van der Waals surface area contributed by atoms with Crippen LogP contribution in [0.25, 0.3) is 11.1 Å². The van der Waals surface area contributed by atoms with Gasteiger partial charge in [0.2, 0.25) is 0 Å². The van der Waals surface area contributed by atoms with Crippen LogP contribution in [0.5, 0.6) is 0 Å². The third-order valence-corrected chi connectivity index (χ3v) is 4.68. The Morgan fingerprint density at radius 3 is 2.41 bits per heavy atom. The average Bonchev–Trinajstić information content (AvgIpc) is 3.10. The summed E-state index contributed by atoms with van der Waals surface area (Å²) in [5.41, 5.74) is 3.46. The minimum absolute atomic E-state index is 0.0155. The predicted octanol–water partition coefficient (Wildman–Crippen LogP) is 3.44. The number of carboxylic acids is 1. The van der Waals surface area contributed by atoms with Crippen molar-refractivity contribution in [3.8, 4) is 11.1 Å². The van der Waals surface area contributed by atoms with Crippen molar-refractivity contribution in [2.24, 2.45) is 5.16 Å². The second-order valence-electron chi connectivity index (χ2n) is 6.51. The highest BCUT2D eigenvalue weighted by atomic mass is 16.6. The van der Waals surface area contributed by atoms with E-state index in [1.54, 1.807) is 4.90 Å². The third kappa shape index (κ3) is 4.53. The van der Waals surface area contributed by atoms with E-state index >= 15 is 0 Å². The number of carbonyl (C=O) groups excluding carboxylic acids is 1. The van der Waals surface area contributed by atoms with Crippen LogP contribution in [0.2, 0.25) is 0 Å². The largest absolute Gasteiger partial charge is 0.481 e. The van der Waals surface area contributed by atoms with Gasteiger partial charge in [-0.3, -0.25) is 9.59 Å². The average molecular weight is 366 g/mol. The van der Waals surface area contributed by atoms with Crippen molar-refractivity contribution >= 4 is 17.6 Å². The van der Waals surface area contributed by atoms with Gasteiger partial charge in [0.25, 0.3) is 5.91 Å². The minimum atomic E-state index is -0.869. The first-order valence-electron chi connectivity index (χ1n) is 8.85. The van der Waals surface area contributed by atoms with E-state index in [0.29, 0.717) is 24.9 Å². The standard InChI is InChI=1S/C21H22N2O4/c1-27-22-18-13-19(11-12-20(24)25)23(14-18)21(26)17-9-7-16(8-10-17)15-5-3-2-4-6-15/h2-10,19H,11-14H2,1H3,(H,24,25)/b22-18+/t19-/m1/s1. The van der Waals surface area contributed by atoms with Crippen LogP contribution >= 0.6 is 0 Å². The Bertz CT molecular complexity index is 831. The molecule has 0 aromatic heterocycles. The van der Waals surface area contributed by atoms with Crippen molar-refractivity contribution in [2.75, 3.05) is 13.7 Å². The van der Waals surface area contributed by atoms with Crippen molar-refractivity contribution in [1.82, 2.24) is 4.90 Å². The minimum Gasteiger partial charge on any atom is -0.481 e. The third-order valence-electron chi connectivity index (χ3n) is 4.68. The summed E-state index contributed by atoms with van der Waals surface area (Å²) in [6.07, 6.45) is 0.947. The number of benzene rings is 2. The van der Waals surface area contributed by atoms with Crippen molar-refractivity contribution in [3.05, 3.63) is 60.2 Å². The van der Waals surface area contributed by atoms with Gasteiger partial charge in [0.1, 0.15) is 7.11 Å². The molecule has 1 saturated heterocycles. The lowest BCUT2D eigenvalue weighted by Crippen LogP contribution is -2.36. The zero-order valence-electron chi connectivity index (χ0n) is 15.2. The van der Waals surface area contributed by atoms with Gasteiger partial charge in [-0.25, -0.2) is 0 Å². The molecule has 140 valence electrons. The summed E-state index contributed by atoms with van der Waals surface area (Å²) >= 11 is 0. The summed E-state index contributed by atoms with van der Waals surface area (Å²) in [5.74, 6) is -0.988. The monoisotopic (exact) mass is 366 g/mol. The van der Waals surface area contributed by atoms with E-state index < -0.39 is 5.97 Å². The van der Waals surface area contributed by atoms with Gasteiger partial charge < -0.3 is 14.8 Å². The van der Waals surface area contributed by atoms with Gasteiger partial charge in [-0.1, -0.05) is 47.6 Å². The van der Waals surface area contributed by atoms with E-state index in [1.165, 1.54) is 7.11 Å². The molecule has 2 aromatic carbocycles. The van der Waals surface area contributed by atoms with Crippen molar-refractivity contribution < 1.29 is 19.5 Å². The molecule has 3 rings (SSSR count). The zero-order valence-corrected chi connectivity index (χ0v) is 15.2. The molecule has 1 aliphatic heterocycles. The smallest absolute Gasteiger partial charge is 0.303 e. The van der Waals surface area contributed by atoms with E-state index in [2.05, 4.69) is 5.16 Å². The lowest BCUT2D eigenvalue weighted by molar-refractivity contribution is -0.137. The molecule has 6 nitrogen and oxygen atoms in total. The maximum Gasteiger partial charge on any atom is 0.303 e. The van der Waals surface area contributed by atoms with Gasteiger partial charge in [-0.2, -0.15) is 0 Å². The van der Waals surface area contributed by atoms with Crippen LogP contribution in [0.1, 0.15) is 29.6 Å². The highest BCUT2D eigenvalue weighted by Gasteiger charge is 2.33. The fourth-order valence-electron chi connectivity index (χ4n) is 3.35. The second-order valence-corrected chi connectivity index (χ2v) is 6.51. The Balaban J connectivity index is 1.77. The predicted molar refractivity (Wildman–Crippen MR) is 103 cm³/mol. The van der Waals surface area contributed by atoms with Crippen LogP contribution in [0, 0.1) is 0 Å². The molecule has 1 fully saturated rings. The fraction of sp³-hybridized carbons (Fsp3) is 0.286. The molecule has 0 spiro atoms. The first kappa shape index (κ1) is 18.6. The van der Waals surface area contributed by atoms with Gasteiger partial charge in [0.15, 0.2) is 0 Å². The summed E-state index contributed by atoms with van der Waals surface area (Å²) in [5, 5.41) is 12.9. The van der Waals surface area contributed by atoms with Crippen LogP contribution < -0.4 is 0 Å². The van der Waals surface area contributed by atoms with E-state index in [1.807, 2.05) is 54.6 Å². The van der Waals surface area contributed by atoms with Crippen LogP contribution in [0.15, 0.2) is 59.8 Å². The molecule has 0 saturated carbocycles. The quantitative estimate of drug-likeness (QED) is 0.795. The first-order valence-corrected chi connectivity index (χ1v) is 8.85. The zero-order chi connectivity index (χ0) is 19.2. The van der Waals surface area contributed by atoms with E-state index in [0.717, 1.165) is 16.8 Å². The lowest BCUT2D eigenvalue weighted by atomic mass is 10.0. The lowest BCUT2D eigenvalue weighted by Gasteiger charge is -2.23. The summed E-state index contributed by atoms with van der Waals surface area (Å²) < 4.78 is 0. The number of nitrogens with zero attached hydrogens (tertiary/aromatic N) is 2. The normalized spacial score (nSPS) is 17.9. The molecular weight excluding hydrogens is 344 g/mol. The molecule has 0 bridgehead atoms. The number of rotatable bonds is 6. The molecule has 1 aliphatic rings. The van der Waals surface area contributed by atoms with E-state index in [9.17, 15) is 9.59 Å². The molecule has 0 aliphatic carbocycles. The van der Waals surface area contributed by atoms with Gasteiger partial charge >= 0.3 is 5.97 Å². The Morgan fingerprint density at radius 2 is 1.78 bits per heavy atom. The number of carbonyl (C=O) groups is 2. The molecule has 6 heteroatoms. The molecule has 1 amide bonds. The van der Waals surface area contributed by atoms with Crippen molar-refractivity contribution in [1.29, 1.82) is 0 Å².